The van der Waals surface area contributed by atoms with Gasteiger partial charge in [0.1, 0.15) is 5.75 Å². The van der Waals surface area contributed by atoms with Crippen LogP contribution in [-0.2, 0) is 14.8 Å². The Morgan fingerprint density at radius 3 is 2.53 bits per heavy atom. The number of nitrogens with one attached hydrogen (secondary N) is 2. The Morgan fingerprint density at radius 1 is 1.10 bits per heavy atom. The predicted octanol–water partition coefficient (Wildman–Crippen LogP) is 2.38. The van der Waals surface area contributed by atoms with E-state index in [4.69, 9.17) is 4.74 Å². The van der Waals surface area contributed by atoms with Crippen molar-refractivity contribution in [3.05, 3.63) is 58.1 Å². The van der Waals surface area contributed by atoms with Crippen LogP contribution < -0.4 is 15.6 Å². The van der Waals surface area contributed by atoms with Crippen LogP contribution in [0.5, 0.6) is 5.75 Å². The molecule has 30 heavy (non-hydrogen) atoms. The van der Waals surface area contributed by atoms with Crippen molar-refractivity contribution >= 4 is 37.8 Å². The van der Waals surface area contributed by atoms with Gasteiger partial charge in [0, 0.05) is 17.6 Å². The smallest absolute Gasteiger partial charge is 0.276 e. The first-order valence-electron chi connectivity index (χ1n) is 9.36. The molecule has 2 amide bonds. The minimum atomic E-state index is -3.66. The number of benzene rings is 2. The monoisotopic (exact) mass is 495 g/mol. The zero-order valence-electron chi connectivity index (χ0n) is 16.4. The molecule has 1 fully saturated rings. The molecule has 1 saturated heterocycles. The highest BCUT2D eigenvalue weighted by atomic mass is 79.9. The number of rotatable bonds is 6. The number of amides is 2. The minimum Gasteiger partial charge on any atom is -0.484 e. The van der Waals surface area contributed by atoms with Gasteiger partial charge in [-0.15, -0.1) is 0 Å². The third-order valence-electron chi connectivity index (χ3n) is 4.56. The molecule has 1 aliphatic heterocycles. The molecule has 160 valence electrons. The van der Waals surface area contributed by atoms with E-state index in [1.54, 1.807) is 12.1 Å². The van der Waals surface area contributed by atoms with Crippen LogP contribution in [-0.4, -0.2) is 44.2 Å². The zero-order valence-corrected chi connectivity index (χ0v) is 18.8. The molecule has 3 rings (SSSR count). The Morgan fingerprint density at radius 2 is 1.83 bits per heavy atom. The van der Waals surface area contributed by atoms with Crippen molar-refractivity contribution < 1.29 is 22.7 Å². The lowest BCUT2D eigenvalue weighted by atomic mass is 10.2. The third-order valence-corrected chi connectivity index (χ3v) is 7.15. The van der Waals surface area contributed by atoms with Crippen molar-refractivity contribution in [3.63, 3.8) is 0 Å². The van der Waals surface area contributed by atoms with E-state index >= 15 is 0 Å². The molecule has 0 saturated carbocycles. The van der Waals surface area contributed by atoms with Crippen LogP contribution in [0.25, 0.3) is 0 Å². The summed E-state index contributed by atoms with van der Waals surface area (Å²) in [5.74, 6) is -0.662. The lowest BCUT2D eigenvalue weighted by Crippen LogP contribution is -2.44. The summed E-state index contributed by atoms with van der Waals surface area (Å²) in [5, 5.41) is 0. The Bertz CT molecular complexity index is 1050. The quantitative estimate of drug-likeness (QED) is 0.598. The van der Waals surface area contributed by atoms with Crippen LogP contribution in [0.4, 0.5) is 0 Å². The van der Waals surface area contributed by atoms with Crippen molar-refractivity contribution in [2.45, 2.75) is 24.7 Å². The minimum absolute atomic E-state index is 0.0341. The number of hydrogen-bond donors (Lipinski definition) is 2. The molecule has 0 unspecified atom stereocenters. The van der Waals surface area contributed by atoms with Crippen LogP contribution in [0.2, 0.25) is 0 Å². The number of hydrogen-bond acceptors (Lipinski definition) is 5. The highest BCUT2D eigenvalue weighted by Gasteiger charge is 2.28. The van der Waals surface area contributed by atoms with E-state index in [1.807, 2.05) is 19.1 Å². The fraction of sp³-hybridized carbons (Fsp3) is 0.300. The summed E-state index contributed by atoms with van der Waals surface area (Å²) >= 11 is 3.25. The largest absolute Gasteiger partial charge is 0.484 e. The van der Waals surface area contributed by atoms with E-state index in [2.05, 4.69) is 26.8 Å². The maximum atomic E-state index is 12.7. The first-order valence-corrected chi connectivity index (χ1v) is 11.6. The van der Waals surface area contributed by atoms with E-state index < -0.39 is 21.8 Å². The van der Waals surface area contributed by atoms with E-state index in [0.29, 0.717) is 23.3 Å². The fourth-order valence-corrected chi connectivity index (χ4v) is 4.97. The van der Waals surface area contributed by atoms with Crippen molar-refractivity contribution in [1.82, 2.24) is 15.2 Å². The Balaban J connectivity index is 1.61. The van der Waals surface area contributed by atoms with Crippen LogP contribution in [0, 0.1) is 6.92 Å². The molecule has 2 N–H and O–H groups in total. The summed E-state index contributed by atoms with van der Waals surface area (Å²) in [5.41, 5.74) is 5.63. The highest BCUT2D eigenvalue weighted by Crippen LogP contribution is 2.25. The molecular weight excluding hydrogens is 474 g/mol. The summed E-state index contributed by atoms with van der Waals surface area (Å²) in [6.07, 6.45) is 1.64. The summed E-state index contributed by atoms with van der Waals surface area (Å²) in [6, 6.07) is 11.5. The van der Waals surface area contributed by atoms with Gasteiger partial charge in [-0.05, 0) is 71.6 Å². The van der Waals surface area contributed by atoms with Gasteiger partial charge in [0.2, 0.25) is 10.0 Å². The number of sulfonamides is 1. The van der Waals surface area contributed by atoms with Gasteiger partial charge >= 0.3 is 0 Å². The Kier molecular flexibility index (Phi) is 7.11. The molecule has 10 heteroatoms. The molecule has 0 atom stereocenters. The second kappa shape index (κ2) is 9.59. The van der Waals surface area contributed by atoms with Gasteiger partial charge < -0.3 is 4.74 Å². The van der Waals surface area contributed by atoms with Gasteiger partial charge in [-0.2, -0.15) is 4.31 Å². The third kappa shape index (κ3) is 5.38. The van der Waals surface area contributed by atoms with Gasteiger partial charge in [-0.1, -0.05) is 12.1 Å². The van der Waals surface area contributed by atoms with Gasteiger partial charge in [-0.3, -0.25) is 20.4 Å². The standard InChI is InChI=1S/C20H22BrN3O5S/c1-14-5-4-6-15(11-14)29-13-19(25)22-23-20(26)17-12-16(7-8-18(17)21)30(27,28)24-9-2-3-10-24/h4-8,11-12H,2-3,9-10,13H2,1H3,(H,22,25)(H,23,26). The first kappa shape index (κ1) is 22.3. The fourth-order valence-electron chi connectivity index (χ4n) is 3.00. The normalized spacial score (nSPS) is 14.3. The van der Waals surface area contributed by atoms with Crippen LogP contribution in [0.15, 0.2) is 51.8 Å². The molecule has 2 aromatic carbocycles. The van der Waals surface area contributed by atoms with Crippen molar-refractivity contribution in [1.29, 1.82) is 0 Å². The lowest BCUT2D eigenvalue weighted by Gasteiger charge is -2.16. The van der Waals surface area contributed by atoms with Gasteiger partial charge in [-0.25, -0.2) is 8.42 Å². The maximum Gasteiger partial charge on any atom is 0.276 e. The molecule has 1 heterocycles. The number of halogens is 1. The predicted molar refractivity (Wildman–Crippen MR) is 114 cm³/mol. The number of carbonyl (C=O) groups is 2. The molecule has 0 radical (unpaired) electrons. The molecule has 2 aromatic rings. The number of hydrazine groups is 1. The summed E-state index contributed by atoms with van der Waals surface area (Å²) in [4.78, 5) is 24.5. The second-order valence-corrected chi connectivity index (χ2v) is 9.65. The average Bonchev–Trinajstić information content (AvgIpc) is 3.26. The van der Waals surface area contributed by atoms with Gasteiger partial charge in [0.25, 0.3) is 11.8 Å². The van der Waals surface area contributed by atoms with Crippen LogP contribution in [0.1, 0.15) is 28.8 Å². The molecular formula is C20H22BrN3O5S. The molecule has 0 aliphatic carbocycles. The van der Waals surface area contributed by atoms with Gasteiger partial charge in [0.05, 0.1) is 10.5 Å². The summed E-state index contributed by atoms with van der Waals surface area (Å²) in [7, 11) is -3.66. The second-order valence-electron chi connectivity index (χ2n) is 6.86. The Labute approximate surface area is 183 Å². The SMILES string of the molecule is Cc1cccc(OCC(=O)NNC(=O)c2cc(S(=O)(=O)N3CCCC3)ccc2Br)c1. The van der Waals surface area contributed by atoms with Crippen molar-refractivity contribution in [2.75, 3.05) is 19.7 Å². The lowest BCUT2D eigenvalue weighted by molar-refractivity contribution is -0.123. The number of ether oxygens (including phenoxy) is 1. The topological polar surface area (TPSA) is 105 Å². The molecule has 0 aromatic heterocycles. The van der Waals surface area contributed by atoms with Crippen molar-refractivity contribution in [3.8, 4) is 5.75 Å². The molecule has 0 bridgehead atoms. The number of carbonyl (C=O) groups excluding carboxylic acids is 2. The highest BCUT2D eigenvalue weighted by molar-refractivity contribution is 9.10. The van der Waals surface area contributed by atoms with E-state index in [1.165, 1.54) is 22.5 Å². The van der Waals surface area contributed by atoms with E-state index in [9.17, 15) is 18.0 Å². The molecule has 0 spiro atoms. The van der Waals surface area contributed by atoms with E-state index in [-0.39, 0.29) is 17.1 Å². The van der Waals surface area contributed by atoms with Crippen molar-refractivity contribution in [2.24, 2.45) is 0 Å². The molecule has 1 aliphatic rings. The number of nitrogens with zero attached hydrogens (tertiary/aromatic N) is 1. The zero-order chi connectivity index (χ0) is 21.7. The van der Waals surface area contributed by atoms with Gasteiger partial charge in [0.15, 0.2) is 6.61 Å². The number of aryl methyl sites for hydroxylation is 1. The van der Waals surface area contributed by atoms with Crippen LogP contribution >= 0.6 is 15.9 Å². The maximum absolute atomic E-state index is 12.7. The average molecular weight is 496 g/mol. The molecule has 8 nitrogen and oxygen atoms in total. The first-order chi connectivity index (χ1) is 14.3. The summed E-state index contributed by atoms with van der Waals surface area (Å²) in [6.45, 7) is 2.56. The van der Waals surface area contributed by atoms with E-state index in [0.717, 1.165) is 18.4 Å². The van der Waals surface area contributed by atoms with Crippen LogP contribution in [0.3, 0.4) is 0 Å². The Hall–Kier alpha value is -2.43. The summed E-state index contributed by atoms with van der Waals surface area (Å²) < 4.78 is 32.6.